The fraction of sp³-hybridized carbons (Fsp3) is 0.125. The van der Waals surface area contributed by atoms with Crippen LogP contribution in [0.15, 0.2) is 36.4 Å². The molecule has 0 unspecified atom stereocenters. The van der Waals surface area contributed by atoms with E-state index in [1.54, 1.807) is 19.2 Å². The van der Waals surface area contributed by atoms with Gasteiger partial charge in [-0.1, -0.05) is 18.2 Å². The Hall–Kier alpha value is -2.60. The third-order valence-electron chi connectivity index (χ3n) is 3.02. The van der Waals surface area contributed by atoms with Gasteiger partial charge in [-0.2, -0.15) is 5.26 Å². The maximum atomic E-state index is 11.0. The van der Waals surface area contributed by atoms with Gasteiger partial charge in [0.1, 0.15) is 5.75 Å². The number of hydrogen-bond donors (Lipinski definition) is 0. The lowest BCUT2D eigenvalue weighted by atomic mass is 9.96. The van der Waals surface area contributed by atoms with E-state index in [1.165, 1.54) is 0 Å². The second-order valence-electron chi connectivity index (χ2n) is 4.19. The number of methoxy groups -OCH3 is 1. The lowest BCUT2D eigenvalue weighted by Gasteiger charge is -2.13. The summed E-state index contributed by atoms with van der Waals surface area (Å²) < 4.78 is 5.34. The van der Waals surface area contributed by atoms with Crippen LogP contribution in [0.3, 0.4) is 0 Å². The van der Waals surface area contributed by atoms with Crippen molar-refractivity contribution >= 4 is 6.29 Å². The van der Waals surface area contributed by atoms with Crippen molar-refractivity contribution in [2.75, 3.05) is 7.11 Å². The summed E-state index contributed by atoms with van der Waals surface area (Å²) in [7, 11) is 1.55. The summed E-state index contributed by atoms with van der Waals surface area (Å²) in [5, 5.41) is 8.89. The van der Waals surface area contributed by atoms with Gasteiger partial charge < -0.3 is 4.74 Å². The monoisotopic (exact) mass is 251 g/mol. The van der Waals surface area contributed by atoms with E-state index in [0.717, 1.165) is 23.0 Å². The van der Waals surface area contributed by atoms with Gasteiger partial charge in [0, 0.05) is 5.56 Å². The third-order valence-corrected chi connectivity index (χ3v) is 3.02. The number of aryl methyl sites for hydroxylation is 1. The molecule has 0 radical (unpaired) electrons. The number of ether oxygens (including phenoxy) is 1. The minimum absolute atomic E-state index is 0.517. The smallest absolute Gasteiger partial charge is 0.153 e. The molecule has 3 heteroatoms. The maximum absolute atomic E-state index is 11.0. The van der Waals surface area contributed by atoms with Crippen LogP contribution in [0, 0.1) is 18.3 Å². The Morgan fingerprint density at radius 3 is 2.58 bits per heavy atom. The standard InChI is InChI=1S/C16H13NO2/c1-11-8-12(9-17)6-7-14(11)15-5-3-4-13(10-18)16(15)19-2/h3-8,10H,1-2H3. The van der Waals surface area contributed by atoms with Crippen molar-refractivity contribution in [2.45, 2.75) is 6.92 Å². The van der Waals surface area contributed by atoms with E-state index < -0.39 is 0 Å². The van der Waals surface area contributed by atoms with Crippen LogP contribution in [-0.4, -0.2) is 13.4 Å². The Labute approximate surface area is 112 Å². The molecule has 0 aliphatic rings. The first-order valence-corrected chi connectivity index (χ1v) is 5.84. The lowest BCUT2D eigenvalue weighted by Crippen LogP contribution is -1.95. The average Bonchev–Trinajstić information content (AvgIpc) is 2.46. The van der Waals surface area contributed by atoms with Crippen LogP contribution in [0.5, 0.6) is 5.75 Å². The highest BCUT2D eigenvalue weighted by Crippen LogP contribution is 2.34. The molecule has 0 aromatic heterocycles. The summed E-state index contributed by atoms with van der Waals surface area (Å²) in [6, 6.07) is 13.0. The summed E-state index contributed by atoms with van der Waals surface area (Å²) in [4.78, 5) is 11.0. The van der Waals surface area contributed by atoms with Gasteiger partial charge >= 0.3 is 0 Å². The number of benzene rings is 2. The fourth-order valence-corrected chi connectivity index (χ4v) is 2.12. The van der Waals surface area contributed by atoms with Crippen molar-refractivity contribution < 1.29 is 9.53 Å². The summed E-state index contributed by atoms with van der Waals surface area (Å²) in [5.41, 5.74) is 3.92. The van der Waals surface area contributed by atoms with Crippen molar-refractivity contribution in [1.29, 1.82) is 5.26 Å². The highest BCUT2D eigenvalue weighted by atomic mass is 16.5. The summed E-state index contributed by atoms with van der Waals surface area (Å²) in [5.74, 6) is 0.560. The van der Waals surface area contributed by atoms with Crippen LogP contribution in [-0.2, 0) is 0 Å². The highest BCUT2D eigenvalue weighted by molar-refractivity contribution is 5.86. The molecule has 0 saturated carbocycles. The average molecular weight is 251 g/mol. The van der Waals surface area contributed by atoms with E-state index in [4.69, 9.17) is 10.00 Å². The van der Waals surface area contributed by atoms with E-state index >= 15 is 0 Å². The van der Waals surface area contributed by atoms with Crippen molar-refractivity contribution in [3.8, 4) is 22.9 Å². The van der Waals surface area contributed by atoms with E-state index in [1.807, 2.05) is 31.2 Å². The van der Waals surface area contributed by atoms with Crippen LogP contribution in [0.2, 0.25) is 0 Å². The molecule has 3 nitrogen and oxygen atoms in total. The van der Waals surface area contributed by atoms with E-state index in [9.17, 15) is 4.79 Å². The number of nitriles is 1. The van der Waals surface area contributed by atoms with Gasteiger partial charge in [0.2, 0.25) is 0 Å². The van der Waals surface area contributed by atoms with Gasteiger partial charge in [0.15, 0.2) is 6.29 Å². The number of rotatable bonds is 3. The summed E-state index contributed by atoms with van der Waals surface area (Å²) in [6.07, 6.45) is 0.779. The molecule has 0 bridgehead atoms. The van der Waals surface area contributed by atoms with Gasteiger partial charge in [0.25, 0.3) is 0 Å². The van der Waals surface area contributed by atoms with E-state index in [-0.39, 0.29) is 0 Å². The molecule has 94 valence electrons. The highest BCUT2D eigenvalue weighted by Gasteiger charge is 2.12. The number of hydrogen-bond acceptors (Lipinski definition) is 3. The van der Waals surface area contributed by atoms with E-state index in [2.05, 4.69) is 6.07 Å². The predicted octanol–water partition coefficient (Wildman–Crippen LogP) is 3.35. The molecule has 0 spiro atoms. The zero-order valence-electron chi connectivity index (χ0n) is 10.8. The lowest BCUT2D eigenvalue weighted by molar-refractivity contribution is 0.112. The quantitative estimate of drug-likeness (QED) is 0.786. The van der Waals surface area contributed by atoms with Crippen LogP contribution in [0.25, 0.3) is 11.1 Å². The third kappa shape index (κ3) is 2.34. The largest absolute Gasteiger partial charge is 0.495 e. The predicted molar refractivity (Wildman–Crippen MR) is 73.3 cm³/mol. The Morgan fingerprint density at radius 1 is 1.21 bits per heavy atom. The molecule has 2 aromatic rings. The molecule has 19 heavy (non-hydrogen) atoms. The Bertz CT molecular complexity index is 669. The number of carbonyl (C=O) groups excluding carboxylic acids is 1. The van der Waals surface area contributed by atoms with Gasteiger partial charge in [-0.05, 0) is 36.2 Å². The molecule has 0 heterocycles. The Morgan fingerprint density at radius 2 is 2.00 bits per heavy atom. The minimum atomic E-state index is 0.517. The molecule has 0 amide bonds. The van der Waals surface area contributed by atoms with Gasteiger partial charge in [-0.15, -0.1) is 0 Å². The molecular formula is C16H13NO2. The molecule has 2 rings (SSSR count). The minimum Gasteiger partial charge on any atom is -0.495 e. The zero-order valence-corrected chi connectivity index (χ0v) is 10.8. The number of nitrogens with zero attached hydrogens (tertiary/aromatic N) is 1. The fourth-order valence-electron chi connectivity index (χ4n) is 2.12. The second kappa shape index (κ2) is 5.36. The zero-order chi connectivity index (χ0) is 13.8. The van der Waals surface area contributed by atoms with Crippen LogP contribution < -0.4 is 4.74 Å². The van der Waals surface area contributed by atoms with Crippen LogP contribution >= 0.6 is 0 Å². The van der Waals surface area contributed by atoms with E-state index in [0.29, 0.717) is 16.9 Å². The first kappa shape index (κ1) is 12.8. The molecule has 0 aliphatic heterocycles. The number of aldehydes is 1. The van der Waals surface area contributed by atoms with Crippen molar-refractivity contribution in [3.63, 3.8) is 0 Å². The number of carbonyl (C=O) groups is 1. The molecular weight excluding hydrogens is 238 g/mol. The molecule has 0 saturated heterocycles. The second-order valence-corrected chi connectivity index (χ2v) is 4.19. The van der Waals surface area contributed by atoms with Crippen LogP contribution in [0.4, 0.5) is 0 Å². The molecule has 0 fully saturated rings. The SMILES string of the molecule is COc1c(C=O)cccc1-c1ccc(C#N)cc1C. The summed E-state index contributed by atoms with van der Waals surface area (Å²) >= 11 is 0. The first-order chi connectivity index (χ1) is 9.21. The Balaban J connectivity index is 2.66. The van der Waals surface area contributed by atoms with Gasteiger partial charge in [-0.3, -0.25) is 4.79 Å². The van der Waals surface area contributed by atoms with Gasteiger partial charge in [-0.25, -0.2) is 0 Å². The van der Waals surface area contributed by atoms with Crippen molar-refractivity contribution in [1.82, 2.24) is 0 Å². The van der Waals surface area contributed by atoms with Crippen molar-refractivity contribution in [3.05, 3.63) is 53.1 Å². The Kier molecular flexibility index (Phi) is 3.63. The molecule has 0 aliphatic carbocycles. The topological polar surface area (TPSA) is 50.1 Å². The van der Waals surface area contributed by atoms with Gasteiger partial charge in [0.05, 0.1) is 24.3 Å². The molecule has 0 atom stereocenters. The van der Waals surface area contributed by atoms with Crippen LogP contribution in [0.1, 0.15) is 21.5 Å². The maximum Gasteiger partial charge on any atom is 0.153 e. The molecule has 0 N–H and O–H groups in total. The van der Waals surface area contributed by atoms with Crippen molar-refractivity contribution in [2.24, 2.45) is 0 Å². The number of para-hydroxylation sites is 1. The summed E-state index contributed by atoms with van der Waals surface area (Å²) in [6.45, 7) is 1.93. The normalized spacial score (nSPS) is 9.74. The molecule has 2 aromatic carbocycles. The first-order valence-electron chi connectivity index (χ1n) is 5.84.